The zero-order valence-corrected chi connectivity index (χ0v) is 18.9. The largest absolute Gasteiger partial charge is 0.326 e. The van der Waals surface area contributed by atoms with Gasteiger partial charge in [0.1, 0.15) is 0 Å². The molecule has 2 aromatic heterocycles. The van der Waals surface area contributed by atoms with Gasteiger partial charge in [0.05, 0.1) is 11.2 Å². The highest BCUT2D eigenvalue weighted by Gasteiger charge is 2.23. The molecular weight excluding hydrogens is 360 g/mol. The van der Waals surface area contributed by atoms with Crippen LogP contribution in [0.5, 0.6) is 0 Å². The lowest BCUT2D eigenvalue weighted by Crippen LogP contribution is -2.23. The maximum atomic E-state index is 12.5. The van der Waals surface area contributed by atoms with Gasteiger partial charge in [0.2, 0.25) is 5.91 Å². The van der Waals surface area contributed by atoms with Crippen LogP contribution in [0.4, 0.5) is 5.69 Å². The molecule has 1 aromatic carbocycles. The van der Waals surface area contributed by atoms with Gasteiger partial charge in [-0.05, 0) is 96.2 Å². The van der Waals surface area contributed by atoms with Crippen LogP contribution < -0.4 is 5.32 Å². The summed E-state index contributed by atoms with van der Waals surface area (Å²) in [7, 11) is 0. The zero-order valence-electron chi connectivity index (χ0n) is 18.9. The molecule has 1 amide bonds. The average molecular weight is 393 g/mol. The molecule has 3 aromatic rings. The Morgan fingerprint density at radius 2 is 1.72 bits per heavy atom. The summed E-state index contributed by atoms with van der Waals surface area (Å²) < 4.78 is 2.01. The van der Waals surface area contributed by atoms with Crippen molar-refractivity contribution < 1.29 is 4.79 Å². The lowest BCUT2D eigenvalue weighted by molar-refractivity contribution is -0.116. The summed E-state index contributed by atoms with van der Waals surface area (Å²) in [6.45, 7) is 16.7. The number of amides is 1. The number of hydrogen-bond donors (Lipinski definition) is 1. The number of benzene rings is 1. The van der Waals surface area contributed by atoms with E-state index in [9.17, 15) is 4.79 Å². The number of aromatic nitrogens is 3. The van der Waals surface area contributed by atoms with Gasteiger partial charge >= 0.3 is 0 Å². The fourth-order valence-corrected chi connectivity index (χ4v) is 3.82. The number of rotatable bonds is 4. The number of nitrogens with zero attached hydrogens (tertiary/aromatic N) is 3. The highest BCUT2D eigenvalue weighted by atomic mass is 16.1. The molecule has 0 aliphatic rings. The normalized spacial score (nSPS) is 11.9. The summed E-state index contributed by atoms with van der Waals surface area (Å²) in [5, 5.41) is 8.87. The number of anilines is 1. The van der Waals surface area contributed by atoms with Crippen LogP contribution in [0.1, 0.15) is 60.8 Å². The van der Waals surface area contributed by atoms with Crippen molar-refractivity contribution in [2.24, 2.45) is 0 Å². The maximum absolute atomic E-state index is 12.5. The molecule has 154 valence electrons. The van der Waals surface area contributed by atoms with Crippen LogP contribution in [-0.4, -0.2) is 20.7 Å². The fourth-order valence-electron chi connectivity index (χ4n) is 3.82. The molecule has 3 rings (SSSR count). The average Bonchev–Trinajstić information content (AvgIpc) is 2.94. The fraction of sp³-hybridized carbons (Fsp3) is 0.458. The van der Waals surface area contributed by atoms with Gasteiger partial charge in [0.25, 0.3) is 0 Å². The standard InChI is InChI=1S/C24H32N4O/c1-14-9-10-19(13-15(14)2)26-21(29)12-11-20-16(3)22-18(5)27-28(24(6,7)8)23(22)25-17(20)4/h9-10,13H,11-12H2,1-8H3,(H,26,29). The van der Waals surface area contributed by atoms with Gasteiger partial charge in [0.15, 0.2) is 5.65 Å². The van der Waals surface area contributed by atoms with E-state index in [-0.39, 0.29) is 11.4 Å². The SMILES string of the molecule is Cc1ccc(NC(=O)CCc2c(C)nc3c(c(C)nn3C(C)(C)C)c2C)cc1C. The van der Waals surface area contributed by atoms with E-state index in [1.54, 1.807) is 0 Å². The van der Waals surface area contributed by atoms with Crippen molar-refractivity contribution in [3.05, 3.63) is 51.8 Å². The first kappa shape index (κ1) is 21.0. The Kier molecular flexibility index (Phi) is 5.52. The van der Waals surface area contributed by atoms with Crippen molar-refractivity contribution in [2.75, 3.05) is 5.32 Å². The lowest BCUT2D eigenvalue weighted by atomic mass is 9.99. The van der Waals surface area contributed by atoms with E-state index in [0.717, 1.165) is 33.7 Å². The molecular formula is C24H32N4O. The number of aryl methyl sites for hydroxylation is 5. The Morgan fingerprint density at radius 3 is 2.34 bits per heavy atom. The van der Waals surface area contributed by atoms with E-state index in [0.29, 0.717) is 12.8 Å². The van der Waals surface area contributed by atoms with Crippen molar-refractivity contribution in [1.29, 1.82) is 0 Å². The van der Waals surface area contributed by atoms with Crippen LogP contribution in [0.25, 0.3) is 11.0 Å². The monoisotopic (exact) mass is 392 g/mol. The second-order valence-corrected chi connectivity index (χ2v) is 9.01. The number of carbonyl (C=O) groups is 1. The van der Waals surface area contributed by atoms with E-state index in [4.69, 9.17) is 10.1 Å². The summed E-state index contributed by atoms with van der Waals surface area (Å²) in [4.78, 5) is 17.4. The van der Waals surface area contributed by atoms with Gasteiger partial charge in [-0.25, -0.2) is 9.67 Å². The molecule has 0 bridgehead atoms. The van der Waals surface area contributed by atoms with Gasteiger partial charge in [0, 0.05) is 23.2 Å². The Bertz CT molecular complexity index is 1090. The van der Waals surface area contributed by atoms with Crippen molar-refractivity contribution in [1.82, 2.24) is 14.8 Å². The van der Waals surface area contributed by atoms with E-state index in [1.807, 2.05) is 36.7 Å². The molecule has 5 nitrogen and oxygen atoms in total. The molecule has 0 radical (unpaired) electrons. The summed E-state index contributed by atoms with van der Waals surface area (Å²) >= 11 is 0. The summed E-state index contributed by atoms with van der Waals surface area (Å²) in [5.41, 5.74) is 8.32. The third kappa shape index (κ3) is 4.19. The Labute approximate surface area is 173 Å². The highest BCUT2D eigenvalue weighted by Crippen LogP contribution is 2.29. The quantitative estimate of drug-likeness (QED) is 0.655. The topological polar surface area (TPSA) is 59.8 Å². The summed E-state index contributed by atoms with van der Waals surface area (Å²) in [5.74, 6) is 0.0225. The van der Waals surface area contributed by atoms with E-state index >= 15 is 0 Å². The van der Waals surface area contributed by atoms with Crippen LogP contribution in [0.3, 0.4) is 0 Å². The number of pyridine rings is 1. The van der Waals surface area contributed by atoms with Crippen LogP contribution >= 0.6 is 0 Å². The number of hydrogen-bond acceptors (Lipinski definition) is 3. The minimum atomic E-state index is -0.133. The third-order valence-electron chi connectivity index (χ3n) is 5.60. The second kappa shape index (κ2) is 7.62. The summed E-state index contributed by atoms with van der Waals surface area (Å²) in [6, 6.07) is 6.00. The molecule has 1 N–H and O–H groups in total. The highest BCUT2D eigenvalue weighted by molar-refractivity contribution is 5.91. The number of carbonyl (C=O) groups excluding carboxylic acids is 1. The van der Waals surface area contributed by atoms with Gasteiger partial charge in [-0.3, -0.25) is 4.79 Å². The van der Waals surface area contributed by atoms with E-state index in [2.05, 4.69) is 46.9 Å². The van der Waals surface area contributed by atoms with Crippen LogP contribution in [0, 0.1) is 34.6 Å². The molecule has 5 heteroatoms. The molecule has 0 spiro atoms. The van der Waals surface area contributed by atoms with Gasteiger partial charge in [-0.1, -0.05) is 6.07 Å². The molecule has 0 saturated carbocycles. The predicted octanol–water partition coefficient (Wildman–Crippen LogP) is 5.30. The first-order valence-electron chi connectivity index (χ1n) is 10.2. The predicted molar refractivity (Wildman–Crippen MR) is 120 cm³/mol. The Balaban J connectivity index is 1.84. The Hall–Kier alpha value is -2.69. The van der Waals surface area contributed by atoms with Crippen molar-refractivity contribution in [3.8, 4) is 0 Å². The molecule has 0 unspecified atom stereocenters. The first-order chi connectivity index (χ1) is 13.5. The van der Waals surface area contributed by atoms with Crippen LogP contribution in [0.2, 0.25) is 0 Å². The number of fused-ring (bicyclic) bond motifs is 1. The second-order valence-electron chi connectivity index (χ2n) is 9.01. The van der Waals surface area contributed by atoms with Crippen LogP contribution in [-0.2, 0) is 16.8 Å². The zero-order chi connectivity index (χ0) is 21.5. The van der Waals surface area contributed by atoms with E-state index in [1.165, 1.54) is 16.7 Å². The van der Waals surface area contributed by atoms with Gasteiger partial charge in [-0.2, -0.15) is 5.10 Å². The van der Waals surface area contributed by atoms with Crippen molar-refractivity contribution in [3.63, 3.8) is 0 Å². The molecule has 0 aliphatic heterocycles. The van der Waals surface area contributed by atoms with Crippen molar-refractivity contribution in [2.45, 2.75) is 73.8 Å². The number of nitrogens with one attached hydrogen (secondary N) is 1. The van der Waals surface area contributed by atoms with Gasteiger partial charge in [-0.15, -0.1) is 0 Å². The van der Waals surface area contributed by atoms with Gasteiger partial charge < -0.3 is 5.32 Å². The molecule has 2 heterocycles. The first-order valence-corrected chi connectivity index (χ1v) is 10.2. The maximum Gasteiger partial charge on any atom is 0.224 e. The van der Waals surface area contributed by atoms with Crippen molar-refractivity contribution >= 4 is 22.6 Å². The molecule has 0 saturated heterocycles. The van der Waals surface area contributed by atoms with E-state index < -0.39 is 0 Å². The smallest absolute Gasteiger partial charge is 0.224 e. The molecule has 0 atom stereocenters. The molecule has 0 aliphatic carbocycles. The lowest BCUT2D eigenvalue weighted by Gasteiger charge is -2.20. The third-order valence-corrected chi connectivity index (χ3v) is 5.60. The minimum absolute atomic E-state index is 0.0225. The summed E-state index contributed by atoms with van der Waals surface area (Å²) in [6.07, 6.45) is 1.09. The molecule has 0 fully saturated rings. The Morgan fingerprint density at radius 1 is 1.03 bits per heavy atom. The minimum Gasteiger partial charge on any atom is -0.326 e. The van der Waals surface area contributed by atoms with Crippen LogP contribution in [0.15, 0.2) is 18.2 Å². The molecule has 29 heavy (non-hydrogen) atoms.